The summed E-state index contributed by atoms with van der Waals surface area (Å²) in [6, 6.07) is 0. The van der Waals surface area contributed by atoms with Gasteiger partial charge in [-0.15, -0.1) is 0 Å². The molecule has 2 heterocycles. The molecule has 0 spiro atoms. The van der Waals surface area contributed by atoms with Crippen LogP contribution in [0.15, 0.2) is 0 Å². The highest BCUT2D eigenvalue weighted by Crippen LogP contribution is 2.25. The van der Waals surface area contributed by atoms with Crippen LogP contribution in [-0.2, 0) is 14.8 Å². The lowest BCUT2D eigenvalue weighted by Gasteiger charge is -2.29. The number of hydrogen-bond acceptors (Lipinski definition) is 4. The number of hydrogen-bond donors (Lipinski definition) is 1. The van der Waals surface area contributed by atoms with E-state index in [0.717, 1.165) is 12.8 Å². The number of nitrogens with two attached hydrogens (primary N) is 1. The zero-order valence-corrected chi connectivity index (χ0v) is 9.58. The van der Waals surface area contributed by atoms with Crippen LogP contribution in [0.3, 0.4) is 0 Å². The van der Waals surface area contributed by atoms with E-state index in [0.29, 0.717) is 32.6 Å². The Morgan fingerprint density at radius 2 is 1.87 bits per heavy atom. The Hall–Kier alpha value is -0.170. The van der Waals surface area contributed by atoms with Crippen LogP contribution in [0, 0.1) is 0 Å². The van der Waals surface area contributed by atoms with E-state index in [1.807, 2.05) is 0 Å². The smallest absolute Gasteiger partial charge is 0.218 e. The maximum absolute atomic E-state index is 12.2. The number of nitrogens with zero attached hydrogens (tertiary/aromatic N) is 1. The van der Waals surface area contributed by atoms with E-state index < -0.39 is 10.0 Å². The summed E-state index contributed by atoms with van der Waals surface area (Å²) >= 11 is 0. The molecule has 1 atom stereocenters. The van der Waals surface area contributed by atoms with E-state index in [9.17, 15) is 8.42 Å². The molecule has 2 fully saturated rings. The van der Waals surface area contributed by atoms with Crippen LogP contribution in [0.5, 0.6) is 0 Å². The van der Waals surface area contributed by atoms with E-state index in [4.69, 9.17) is 10.5 Å². The van der Waals surface area contributed by atoms with Crippen molar-refractivity contribution in [1.29, 1.82) is 0 Å². The topological polar surface area (TPSA) is 72.6 Å². The van der Waals surface area contributed by atoms with Crippen LogP contribution in [0.1, 0.15) is 25.7 Å². The van der Waals surface area contributed by atoms with Crippen molar-refractivity contribution >= 4 is 10.0 Å². The molecule has 0 aliphatic carbocycles. The number of ether oxygens (including phenoxy) is 1. The van der Waals surface area contributed by atoms with Crippen LogP contribution in [0.4, 0.5) is 0 Å². The molecule has 2 aliphatic rings. The first-order valence-electron chi connectivity index (χ1n) is 5.46. The minimum atomic E-state index is -3.18. The van der Waals surface area contributed by atoms with Gasteiger partial charge in [-0.2, -0.15) is 4.31 Å². The number of sulfonamides is 1. The molecule has 2 aliphatic heterocycles. The van der Waals surface area contributed by atoms with Crippen molar-refractivity contribution in [3.63, 3.8) is 0 Å². The van der Waals surface area contributed by atoms with Gasteiger partial charge in [0.2, 0.25) is 10.0 Å². The molecule has 2 N–H and O–H groups in total. The van der Waals surface area contributed by atoms with Gasteiger partial charge < -0.3 is 10.5 Å². The van der Waals surface area contributed by atoms with Gasteiger partial charge in [0.25, 0.3) is 0 Å². The van der Waals surface area contributed by atoms with E-state index in [-0.39, 0.29) is 11.4 Å². The standard InChI is InChI=1S/C9H18N2O3S/c10-9-2-1-5-11(9)15(12,13)8-3-6-14-7-4-8/h8-9H,1-7,10H2. The maximum Gasteiger partial charge on any atom is 0.218 e. The normalized spacial score (nSPS) is 30.9. The molecule has 15 heavy (non-hydrogen) atoms. The Morgan fingerprint density at radius 1 is 1.20 bits per heavy atom. The van der Waals surface area contributed by atoms with Gasteiger partial charge in [0.1, 0.15) is 0 Å². The molecular formula is C9H18N2O3S. The molecule has 0 amide bonds. The quantitative estimate of drug-likeness (QED) is 0.722. The lowest BCUT2D eigenvalue weighted by atomic mass is 10.2. The fourth-order valence-electron chi connectivity index (χ4n) is 2.25. The average Bonchev–Trinajstić information content (AvgIpc) is 2.66. The van der Waals surface area contributed by atoms with Gasteiger partial charge >= 0.3 is 0 Å². The van der Waals surface area contributed by atoms with Crippen LogP contribution in [-0.4, -0.2) is 43.9 Å². The molecule has 0 saturated carbocycles. The first-order valence-corrected chi connectivity index (χ1v) is 6.96. The molecule has 1 unspecified atom stereocenters. The van der Waals surface area contributed by atoms with Crippen molar-refractivity contribution in [2.24, 2.45) is 5.73 Å². The Bertz CT molecular complexity index is 311. The molecule has 0 aromatic carbocycles. The Morgan fingerprint density at radius 3 is 2.40 bits per heavy atom. The molecule has 5 nitrogen and oxygen atoms in total. The van der Waals surface area contributed by atoms with Crippen LogP contribution in [0.25, 0.3) is 0 Å². The zero-order valence-electron chi connectivity index (χ0n) is 8.76. The lowest BCUT2D eigenvalue weighted by Crippen LogP contribution is -2.46. The van der Waals surface area contributed by atoms with Crippen molar-refractivity contribution in [2.45, 2.75) is 37.1 Å². The summed E-state index contributed by atoms with van der Waals surface area (Å²) in [5.74, 6) is 0. The van der Waals surface area contributed by atoms with Crippen LogP contribution < -0.4 is 5.73 Å². The van der Waals surface area contributed by atoms with Gasteiger partial charge in [0.15, 0.2) is 0 Å². The van der Waals surface area contributed by atoms with E-state index in [2.05, 4.69) is 0 Å². The van der Waals surface area contributed by atoms with Crippen molar-refractivity contribution in [3.8, 4) is 0 Å². The van der Waals surface area contributed by atoms with Crippen LogP contribution in [0.2, 0.25) is 0 Å². The van der Waals surface area contributed by atoms with E-state index in [1.165, 1.54) is 4.31 Å². The van der Waals surface area contributed by atoms with E-state index in [1.54, 1.807) is 0 Å². The second-order valence-electron chi connectivity index (χ2n) is 4.18. The minimum Gasteiger partial charge on any atom is -0.381 e. The van der Waals surface area contributed by atoms with Gasteiger partial charge in [0.05, 0.1) is 11.4 Å². The Balaban J connectivity index is 2.10. The second kappa shape index (κ2) is 4.37. The summed E-state index contributed by atoms with van der Waals surface area (Å²) in [4.78, 5) is 0. The highest BCUT2D eigenvalue weighted by atomic mass is 32.2. The van der Waals surface area contributed by atoms with Crippen molar-refractivity contribution in [1.82, 2.24) is 4.31 Å². The highest BCUT2D eigenvalue weighted by Gasteiger charge is 2.38. The fourth-order valence-corrected chi connectivity index (χ4v) is 4.28. The summed E-state index contributed by atoms with van der Waals surface area (Å²) in [5, 5.41) is -0.282. The largest absolute Gasteiger partial charge is 0.381 e. The summed E-state index contributed by atoms with van der Waals surface area (Å²) in [5.41, 5.74) is 5.79. The van der Waals surface area contributed by atoms with Gasteiger partial charge in [-0.05, 0) is 25.7 Å². The maximum atomic E-state index is 12.2. The Labute approximate surface area is 90.6 Å². The third-order valence-corrected chi connectivity index (χ3v) is 5.59. The summed E-state index contributed by atoms with van der Waals surface area (Å²) in [6.07, 6.45) is 2.56. The van der Waals surface area contributed by atoms with Crippen molar-refractivity contribution < 1.29 is 13.2 Å². The van der Waals surface area contributed by atoms with Gasteiger partial charge in [-0.1, -0.05) is 0 Å². The molecule has 0 radical (unpaired) electrons. The molecular weight excluding hydrogens is 216 g/mol. The summed E-state index contributed by atoms with van der Waals surface area (Å²) in [6.45, 7) is 1.68. The van der Waals surface area contributed by atoms with Crippen LogP contribution >= 0.6 is 0 Å². The molecule has 6 heteroatoms. The van der Waals surface area contributed by atoms with Crippen molar-refractivity contribution in [2.75, 3.05) is 19.8 Å². The zero-order chi connectivity index (χ0) is 10.9. The average molecular weight is 234 g/mol. The molecule has 0 aromatic rings. The minimum absolute atomic E-state index is 0.282. The predicted molar refractivity (Wildman–Crippen MR) is 56.7 cm³/mol. The first kappa shape index (κ1) is 11.3. The fraction of sp³-hybridized carbons (Fsp3) is 1.00. The highest BCUT2D eigenvalue weighted by molar-refractivity contribution is 7.89. The lowest BCUT2D eigenvalue weighted by molar-refractivity contribution is 0.0971. The Kier molecular flexibility index (Phi) is 3.30. The van der Waals surface area contributed by atoms with Crippen molar-refractivity contribution in [3.05, 3.63) is 0 Å². The SMILES string of the molecule is NC1CCCN1S(=O)(=O)C1CCOCC1. The van der Waals surface area contributed by atoms with Gasteiger partial charge in [-0.3, -0.25) is 0 Å². The van der Waals surface area contributed by atoms with Gasteiger partial charge in [-0.25, -0.2) is 8.42 Å². The molecule has 0 aromatic heterocycles. The third-order valence-electron chi connectivity index (χ3n) is 3.16. The summed E-state index contributed by atoms with van der Waals surface area (Å²) < 4.78 is 31.0. The van der Waals surface area contributed by atoms with Gasteiger partial charge in [0, 0.05) is 19.8 Å². The second-order valence-corrected chi connectivity index (χ2v) is 6.34. The number of rotatable bonds is 2. The molecule has 2 rings (SSSR count). The third kappa shape index (κ3) is 2.18. The van der Waals surface area contributed by atoms with E-state index >= 15 is 0 Å². The first-order chi connectivity index (χ1) is 7.12. The molecule has 2 saturated heterocycles. The monoisotopic (exact) mass is 234 g/mol. The predicted octanol–water partition coefficient (Wildman–Crippen LogP) is -0.124. The molecule has 0 bridgehead atoms. The summed E-state index contributed by atoms with van der Waals surface area (Å²) in [7, 11) is -3.18. The molecule has 88 valence electrons.